The van der Waals surface area contributed by atoms with E-state index in [1.54, 1.807) is 18.2 Å². The van der Waals surface area contributed by atoms with Gasteiger partial charge < -0.3 is 4.90 Å². The van der Waals surface area contributed by atoms with Crippen LogP contribution in [0.1, 0.15) is 6.42 Å². The molecule has 1 atom stereocenters. The molecule has 1 saturated heterocycles. The lowest BCUT2D eigenvalue weighted by atomic mass is 10.1. The summed E-state index contributed by atoms with van der Waals surface area (Å²) < 4.78 is 23.4. The number of hydrogen-bond donors (Lipinski definition) is 0. The van der Waals surface area contributed by atoms with Gasteiger partial charge in [0.1, 0.15) is 0 Å². The van der Waals surface area contributed by atoms with Crippen molar-refractivity contribution in [1.29, 1.82) is 0 Å². The van der Waals surface area contributed by atoms with Gasteiger partial charge in [-0.05, 0) is 18.1 Å². The second-order valence-corrected chi connectivity index (χ2v) is 6.76. The second kappa shape index (κ2) is 4.90. The van der Waals surface area contributed by atoms with Crippen molar-refractivity contribution in [1.82, 2.24) is 0 Å². The van der Waals surface area contributed by atoms with Crippen LogP contribution < -0.4 is 4.90 Å². The minimum Gasteiger partial charge on any atom is -0.311 e. The molecule has 18 heavy (non-hydrogen) atoms. The predicted octanol–water partition coefficient (Wildman–Crippen LogP) is 1.68. The zero-order valence-corrected chi connectivity index (χ0v) is 11.5. The van der Waals surface area contributed by atoms with Gasteiger partial charge in [-0.2, -0.15) is 0 Å². The van der Waals surface area contributed by atoms with Crippen LogP contribution in [0.3, 0.4) is 0 Å². The molecule has 1 unspecified atom stereocenters. The topological polar surface area (TPSA) is 54.5 Å². The first-order chi connectivity index (χ1) is 8.43. The standard InChI is InChI=1S/C12H14ClNO3S/c1-18(16,17)11-5-3-2-4-10(11)14-8-9(7-13)6-12(14)15/h2-5,9H,6-8H2,1H3. The van der Waals surface area contributed by atoms with Crippen LogP contribution in [0.2, 0.25) is 0 Å². The first kappa shape index (κ1) is 13.4. The summed E-state index contributed by atoms with van der Waals surface area (Å²) >= 11 is 5.76. The molecular weight excluding hydrogens is 274 g/mol. The maximum atomic E-state index is 11.9. The highest BCUT2D eigenvalue weighted by molar-refractivity contribution is 7.90. The molecule has 0 saturated carbocycles. The molecule has 0 aromatic heterocycles. The lowest BCUT2D eigenvalue weighted by Gasteiger charge is -2.19. The van der Waals surface area contributed by atoms with Gasteiger partial charge in [-0.3, -0.25) is 4.79 Å². The molecule has 1 fully saturated rings. The Kier molecular flexibility index (Phi) is 3.64. The Hall–Kier alpha value is -1.07. The number of carbonyl (C=O) groups excluding carboxylic acids is 1. The van der Waals surface area contributed by atoms with Crippen LogP contribution in [0.4, 0.5) is 5.69 Å². The molecule has 0 spiro atoms. The first-order valence-corrected chi connectivity index (χ1v) is 8.01. The number of hydrogen-bond acceptors (Lipinski definition) is 3. The summed E-state index contributed by atoms with van der Waals surface area (Å²) in [5, 5.41) is 0. The second-order valence-electron chi connectivity index (χ2n) is 4.47. The van der Waals surface area contributed by atoms with E-state index in [1.807, 2.05) is 0 Å². The number of alkyl halides is 1. The maximum Gasteiger partial charge on any atom is 0.227 e. The summed E-state index contributed by atoms with van der Waals surface area (Å²) in [6.07, 6.45) is 1.52. The molecule has 1 heterocycles. The number of para-hydroxylation sites is 1. The fraction of sp³-hybridized carbons (Fsp3) is 0.417. The monoisotopic (exact) mass is 287 g/mol. The van der Waals surface area contributed by atoms with Crippen molar-refractivity contribution in [2.75, 3.05) is 23.6 Å². The molecule has 0 bridgehead atoms. The average molecular weight is 288 g/mol. The third-order valence-corrected chi connectivity index (χ3v) is 4.56. The van der Waals surface area contributed by atoms with Gasteiger partial charge in [0.15, 0.2) is 9.84 Å². The van der Waals surface area contributed by atoms with E-state index in [0.29, 0.717) is 24.5 Å². The smallest absolute Gasteiger partial charge is 0.227 e. The van der Waals surface area contributed by atoms with Gasteiger partial charge in [-0.1, -0.05) is 12.1 Å². The highest BCUT2D eigenvalue weighted by atomic mass is 35.5. The summed E-state index contributed by atoms with van der Waals surface area (Å²) in [5.74, 6) is 0.423. The lowest BCUT2D eigenvalue weighted by Crippen LogP contribution is -2.26. The third kappa shape index (κ3) is 2.52. The van der Waals surface area contributed by atoms with Crippen LogP contribution in [0.15, 0.2) is 29.2 Å². The Morgan fingerprint density at radius 2 is 2.06 bits per heavy atom. The van der Waals surface area contributed by atoms with Crippen molar-refractivity contribution in [2.45, 2.75) is 11.3 Å². The van der Waals surface area contributed by atoms with Gasteiger partial charge >= 0.3 is 0 Å². The third-order valence-electron chi connectivity index (χ3n) is 2.98. The quantitative estimate of drug-likeness (QED) is 0.795. The molecule has 1 aromatic carbocycles. The molecular formula is C12H14ClNO3S. The molecule has 0 radical (unpaired) electrons. The van der Waals surface area contributed by atoms with Gasteiger partial charge in [0, 0.05) is 25.1 Å². The predicted molar refractivity (Wildman–Crippen MR) is 70.7 cm³/mol. The fourth-order valence-electron chi connectivity index (χ4n) is 2.11. The van der Waals surface area contributed by atoms with Crippen molar-refractivity contribution in [3.8, 4) is 0 Å². The molecule has 1 amide bonds. The SMILES string of the molecule is CS(=O)(=O)c1ccccc1N1CC(CCl)CC1=O. The van der Waals surface area contributed by atoms with E-state index in [-0.39, 0.29) is 16.7 Å². The summed E-state index contributed by atoms with van der Waals surface area (Å²) in [4.78, 5) is 13.6. The van der Waals surface area contributed by atoms with Crippen molar-refractivity contribution < 1.29 is 13.2 Å². The average Bonchev–Trinajstić information content (AvgIpc) is 2.69. The van der Waals surface area contributed by atoms with Gasteiger partial charge in [0.25, 0.3) is 0 Å². The van der Waals surface area contributed by atoms with Gasteiger partial charge in [0.05, 0.1) is 10.6 Å². The Bertz CT molecular complexity index is 570. The maximum absolute atomic E-state index is 11.9. The first-order valence-electron chi connectivity index (χ1n) is 5.59. The molecule has 1 aromatic rings. The normalized spacial score (nSPS) is 20.4. The molecule has 98 valence electrons. The van der Waals surface area contributed by atoms with E-state index >= 15 is 0 Å². The number of sulfone groups is 1. The Labute approximate surface area is 111 Å². The van der Waals surface area contributed by atoms with E-state index < -0.39 is 9.84 Å². The lowest BCUT2D eigenvalue weighted by molar-refractivity contribution is -0.117. The van der Waals surface area contributed by atoms with Crippen LogP contribution in [-0.4, -0.2) is 33.0 Å². The van der Waals surface area contributed by atoms with E-state index in [9.17, 15) is 13.2 Å². The summed E-state index contributed by atoms with van der Waals surface area (Å²) in [6.45, 7) is 0.481. The number of anilines is 1. The van der Waals surface area contributed by atoms with Crippen LogP contribution in [-0.2, 0) is 14.6 Å². The number of carbonyl (C=O) groups is 1. The van der Waals surface area contributed by atoms with Crippen molar-refractivity contribution >= 4 is 33.0 Å². The Balaban J connectivity index is 2.44. The Morgan fingerprint density at radius 3 is 2.61 bits per heavy atom. The van der Waals surface area contributed by atoms with Gasteiger partial charge in [0.2, 0.25) is 5.91 Å². The van der Waals surface area contributed by atoms with E-state index in [2.05, 4.69) is 0 Å². The van der Waals surface area contributed by atoms with E-state index in [1.165, 1.54) is 11.0 Å². The van der Waals surface area contributed by atoms with Crippen LogP contribution in [0, 0.1) is 5.92 Å². The van der Waals surface area contributed by atoms with Crippen molar-refractivity contribution in [2.24, 2.45) is 5.92 Å². The summed E-state index contributed by atoms with van der Waals surface area (Å²) in [6, 6.07) is 6.56. The zero-order chi connectivity index (χ0) is 13.3. The summed E-state index contributed by atoms with van der Waals surface area (Å²) in [5.41, 5.74) is 0.456. The molecule has 4 nitrogen and oxygen atoms in total. The molecule has 2 rings (SSSR count). The highest BCUT2D eigenvalue weighted by Crippen LogP contribution is 2.30. The number of nitrogens with zero attached hydrogens (tertiary/aromatic N) is 1. The van der Waals surface area contributed by atoms with Crippen molar-refractivity contribution in [3.63, 3.8) is 0 Å². The number of rotatable bonds is 3. The molecule has 1 aliphatic heterocycles. The zero-order valence-electron chi connectivity index (χ0n) is 9.97. The van der Waals surface area contributed by atoms with E-state index in [4.69, 9.17) is 11.6 Å². The number of benzene rings is 1. The van der Waals surface area contributed by atoms with Gasteiger partial charge in [-0.25, -0.2) is 8.42 Å². The Morgan fingerprint density at radius 1 is 1.39 bits per heavy atom. The molecule has 6 heteroatoms. The fourth-order valence-corrected chi connectivity index (χ4v) is 3.20. The largest absolute Gasteiger partial charge is 0.311 e. The summed E-state index contributed by atoms with van der Waals surface area (Å²) in [7, 11) is -3.35. The molecule has 1 aliphatic rings. The van der Waals surface area contributed by atoms with Crippen LogP contribution >= 0.6 is 11.6 Å². The van der Waals surface area contributed by atoms with Crippen LogP contribution in [0.25, 0.3) is 0 Å². The minimum atomic E-state index is -3.35. The molecule has 0 aliphatic carbocycles. The number of amides is 1. The minimum absolute atomic E-state index is 0.0725. The number of halogens is 1. The van der Waals surface area contributed by atoms with Crippen molar-refractivity contribution in [3.05, 3.63) is 24.3 Å². The highest BCUT2D eigenvalue weighted by Gasteiger charge is 2.32. The van der Waals surface area contributed by atoms with E-state index in [0.717, 1.165) is 6.26 Å². The molecule has 0 N–H and O–H groups in total. The van der Waals surface area contributed by atoms with Gasteiger partial charge in [-0.15, -0.1) is 11.6 Å². The van der Waals surface area contributed by atoms with Crippen LogP contribution in [0.5, 0.6) is 0 Å².